The van der Waals surface area contributed by atoms with Crippen molar-refractivity contribution in [1.82, 2.24) is 0 Å². The molecule has 222 valence electrons. The minimum absolute atomic E-state index is 0.116. The maximum absolute atomic E-state index is 14.9. The first-order valence-electron chi connectivity index (χ1n) is 15.9. The van der Waals surface area contributed by atoms with Gasteiger partial charge in [-0.25, -0.2) is 8.78 Å². The lowest BCUT2D eigenvalue weighted by molar-refractivity contribution is -0.249. The molecule has 0 radical (unpaired) electrons. The van der Waals surface area contributed by atoms with Crippen LogP contribution in [0.4, 0.5) is 17.6 Å². The van der Waals surface area contributed by atoms with Crippen LogP contribution in [0.1, 0.15) is 138 Å². The second-order valence-electron chi connectivity index (χ2n) is 12.4. The van der Waals surface area contributed by atoms with Gasteiger partial charge in [0, 0.05) is 0 Å². The Bertz CT molecular complexity index is 1030. The van der Waals surface area contributed by atoms with E-state index in [0.717, 1.165) is 56.1 Å². The highest BCUT2D eigenvalue weighted by Gasteiger charge is 2.38. The molecule has 0 atom stereocenters. The van der Waals surface area contributed by atoms with E-state index in [1.54, 1.807) is 0 Å². The van der Waals surface area contributed by atoms with Crippen LogP contribution in [0.5, 0.6) is 0 Å². The van der Waals surface area contributed by atoms with Gasteiger partial charge in [0.2, 0.25) is 0 Å². The fraction of sp³-hybridized carbons (Fsp3) is 0.657. The molecular formula is C35H48F4O. The number of ether oxygens (including phenoxy) is 1. The normalized spacial score (nSPS) is 23.9. The average molecular weight is 561 g/mol. The van der Waals surface area contributed by atoms with Gasteiger partial charge in [-0.3, -0.25) is 0 Å². The third kappa shape index (κ3) is 8.11. The van der Waals surface area contributed by atoms with E-state index in [4.69, 9.17) is 4.74 Å². The van der Waals surface area contributed by atoms with Crippen molar-refractivity contribution in [2.45, 2.75) is 128 Å². The van der Waals surface area contributed by atoms with Gasteiger partial charge in [-0.05, 0) is 104 Å². The summed E-state index contributed by atoms with van der Waals surface area (Å²) in [6.45, 7) is 4.12. The Morgan fingerprint density at radius 1 is 0.700 bits per heavy atom. The number of hydrogen-bond acceptors (Lipinski definition) is 1. The van der Waals surface area contributed by atoms with Crippen LogP contribution in [0.2, 0.25) is 0 Å². The third-order valence-electron chi connectivity index (χ3n) is 9.60. The minimum Gasteiger partial charge on any atom is -0.316 e. The Morgan fingerprint density at radius 2 is 1.32 bits per heavy atom. The van der Waals surface area contributed by atoms with Gasteiger partial charge in [-0.15, -0.1) is 0 Å². The van der Waals surface area contributed by atoms with Gasteiger partial charge in [0.05, 0.1) is 12.2 Å². The first-order chi connectivity index (χ1) is 19.3. The lowest BCUT2D eigenvalue weighted by atomic mass is 9.77. The first kappa shape index (κ1) is 31.1. The van der Waals surface area contributed by atoms with Crippen LogP contribution in [0.15, 0.2) is 36.4 Å². The van der Waals surface area contributed by atoms with Crippen molar-refractivity contribution in [1.29, 1.82) is 0 Å². The highest BCUT2D eigenvalue weighted by atomic mass is 19.3. The monoisotopic (exact) mass is 560 g/mol. The predicted molar refractivity (Wildman–Crippen MR) is 155 cm³/mol. The van der Waals surface area contributed by atoms with E-state index in [2.05, 4.69) is 26.0 Å². The molecule has 2 saturated carbocycles. The Labute approximate surface area is 239 Å². The second kappa shape index (κ2) is 14.8. The molecule has 0 spiro atoms. The molecular weight excluding hydrogens is 512 g/mol. The summed E-state index contributed by atoms with van der Waals surface area (Å²) in [6, 6.07) is 10.5. The maximum Gasteiger partial charge on any atom is 0.386 e. The zero-order valence-electron chi connectivity index (χ0n) is 24.5. The van der Waals surface area contributed by atoms with Crippen LogP contribution in [0.25, 0.3) is 0 Å². The summed E-state index contributed by atoms with van der Waals surface area (Å²) >= 11 is 0. The number of hydrogen-bond donors (Lipinski definition) is 0. The lowest BCUT2D eigenvalue weighted by Crippen LogP contribution is -2.23. The minimum atomic E-state index is -3.89. The Morgan fingerprint density at radius 3 is 1.95 bits per heavy atom. The Kier molecular flexibility index (Phi) is 11.5. The molecule has 2 fully saturated rings. The first-order valence-corrected chi connectivity index (χ1v) is 15.9. The average Bonchev–Trinajstić information content (AvgIpc) is 2.96. The van der Waals surface area contributed by atoms with Crippen molar-refractivity contribution in [3.63, 3.8) is 0 Å². The van der Waals surface area contributed by atoms with E-state index in [1.807, 2.05) is 12.1 Å². The van der Waals surface area contributed by atoms with Gasteiger partial charge >= 0.3 is 6.11 Å². The van der Waals surface area contributed by atoms with E-state index in [0.29, 0.717) is 11.8 Å². The van der Waals surface area contributed by atoms with Gasteiger partial charge in [-0.1, -0.05) is 82.7 Å². The van der Waals surface area contributed by atoms with Crippen LogP contribution in [-0.4, -0.2) is 6.61 Å². The number of rotatable bonds is 13. The van der Waals surface area contributed by atoms with Crippen LogP contribution in [-0.2, 0) is 17.3 Å². The number of benzene rings is 2. The fourth-order valence-corrected chi connectivity index (χ4v) is 7.07. The zero-order chi connectivity index (χ0) is 28.5. The van der Waals surface area contributed by atoms with Crippen LogP contribution >= 0.6 is 0 Å². The molecule has 0 aromatic heterocycles. The quantitative estimate of drug-likeness (QED) is 0.175. The summed E-state index contributed by atoms with van der Waals surface area (Å²) in [5.74, 6) is -0.685. The van der Waals surface area contributed by atoms with E-state index < -0.39 is 23.3 Å². The van der Waals surface area contributed by atoms with E-state index >= 15 is 0 Å². The molecule has 1 nitrogen and oxygen atoms in total. The van der Waals surface area contributed by atoms with Crippen molar-refractivity contribution in [3.8, 4) is 0 Å². The fourth-order valence-electron chi connectivity index (χ4n) is 7.07. The van der Waals surface area contributed by atoms with E-state index in [9.17, 15) is 17.6 Å². The largest absolute Gasteiger partial charge is 0.386 e. The smallest absolute Gasteiger partial charge is 0.316 e. The summed E-state index contributed by atoms with van der Waals surface area (Å²) in [5.41, 5.74) is 1.41. The van der Waals surface area contributed by atoms with Crippen LogP contribution in [0.3, 0.4) is 0 Å². The van der Waals surface area contributed by atoms with Crippen molar-refractivity contribution in [3.05, 3.63) is 70.3 Å². The topological polar surface area (TPSA) is 9.23 Å². The summed E-state index contributed by atoms with van der Waals surface area (Å²) < 4.78 is 64.3. The summed E-state index contributed by atoms with van der Waals surface area (Å²) in [5, 5.41) is 0. The SMILES string of the molecule is CCCCC[C@H]1CC[C@H](c2ccc(CCOC(F)(F)c3ccc([C@H]4CC[C@H](CCC)CC4)c(F)c3F)cc2)CC1. The van der Waals surface area contributed by atoms with Gasteiger partial charge in [0.15, 0.2) is 11.6 Å². The molecule has 2 aliphatic carbocycles. The van der Waals surface area contributed by atoms with Crippen molar-refractivity contribution >= 4 is 0 Å². The summed E-state index contributed by atoms with van der Waals surface area (Å²) in [6.07, 6.45) is 12.4. The summed E-state index contributed by atoms with van der Waals surface area (Å²) in [4.78, 5) is 0. The van der Waals surface area contributed by atoms with E-state index in [1.165, 1.54) is 63.0 Å². The number of unbranched alkanes of at least 4 members (excludes halogenated alkanes) is 2. The molecule has 0 bridgehead atoms. The van der Waals surface area contributed by atoms with Gasteiger partial charge in [0.1, 0.15) is 0 Å². The standard InChI is InChI=1S/C35H48F4O/c1-3-5-6-8-26-9-15-28(16-10-26)29-17-11-27(12-18-29)23-24-40-35(38,39)32-22-21-31(33(36)34(32)37)30-19-13-25(7-4-2)14-20-30/h11-12,17-18,21-22,25-26,28,30H,3-10,13-16,19-20,23-24H2,1-2H3/t25-,26-,28-,30-. The highest BCUT2D eigenvalue weighted by Crippen LogP contribution is 2.41. The maximum atomic E-state index is 14.9. The third-order valence-corrected chi connectivity index (χ3v) is 9.60. The second-order valence-corrected chi connectivity index (χ2v) is 12.4. The molecule has 0 aliphatic heterocycles. The molecule has 2 aliphatic rings. The van der Waals surface area contributed by atoms with Gasteiger partial charge in [-0.2, -0.15) is 8.78 Å². The molecule has 0 saturated heterocycles. The Hall–Kier alpha value is -1.88. The van der Waals surface area contributed by atoms with Crippen molar-refractivity contribution < 1.29 is 22.3 Å². The molecule has 0 unspecified atom stereocenters. The summed E-state index contributed by atoms with van der Waals surface area (Å²) in [7, 11) is 0. The number of halogens is 4. The van der Waals surface area contributed by atoms with Crippen molar-refractivity contribution in [2.24, 2.45) is 11.8 Å². The molecule has 5 heteroatoms. The lowest BCUT2D eigenvalue weighted by Gasteiger charge is -2.29. The van der Waals surface area contributed by atoms with E-state index in [-0.39, 0.29) is 24.5 Å². The van der Waals surface area contributed by atoms with Gasteiger partial charge in [0.25, 0.3) is 0 Å². The molecule has 4 rings (SSSR count). The Balaban J connectivity index is 1.26. The van der Waals surface area contributed by atoms with Crippen LogP contribution in [0, 0.1) is 23.5 Å². The molecule has 2 aromatic carbocycles. The van der Waals surface area contributed by atoms with Crippen molar-refractivity contribution in [2.75, 3.05) is 6.61 Å². The molecule has 0 heterocycles. The molecule has 0 amide bonds. The number of alkyl halides is 2. The van der Waals surface area contributed by atoms with Crippen LogP contribution < -0.4 is 0 Å². The molecule has 0 N–H and O–H groups in total. The molecule has 2 aromatic rings. The predicted octanol–water partition coefficient (Wildman–Crippen LogP) is 11.2. The molecule has 40 heavy (non-hydrogen) atoms. The zero-order valence-corrected chi connectivity index (χ0v) is 24.5. The highest BCUT2D eigenvalue weighted by molar-refractivity contribution is 5.31. The van der Waals surface area contributed by atoms with Gasteiger partial charge < -0.3 is 4.74 Å².